The number of alkyl halides is 3. The molecular weight excluding hydrogens is 905 g/mol. The van der Waals surface area contributed by atoms with Crippen LogP contribution in [-0.2, 0) is 14.3 Å². The van der Waals surface area contributed by atoms with E-state index >= 15 is 0 Å². The molecule has 21 heteroatoms. The summed E-state index contributed by atoms with van der Waals surface area (Å²) in [5, 5.41) is 30.1. The molecule has 3 aromatic carbocycles. The van der Waals surface area contributed by atoms with Gasteiger partial charge in [-0.2, -0.15) is 0 Å². The summed E-state index contributed by atoms with van der Waals surface area (Å²) in [4.78, 5) is 53.8. The van der Waals surface area contributed by atoms with Gasteiger partial charge in [0.1, 0.15) is 11.3 Å². The highest BCUT2D eigenvalue weighted by Crippen LogP contribution is 2.40. The van der Waals surface area contributed by atoms with Crippen molar-refractivity contribution in [3.8, 4) is 5.75 Å². The molecule has 6 rings (SSSR count). The number of para-hydroxylation sites is 2. The van der Waals surface area contributed by atoms with Crippen LogP contribution in [0.25, 0.3) is 22.4 Å². The first-order chi connectivity index (χ1) is 31.0. The number of halogens is 4. The highest BCUT2D eigenvalue weighted by molar-refractivity contribution is 7.99. The largest absolute Gasteiger partial charge is 0.573 e. The summed E-state index contributed by atoms with van der Waals surface area (Å²) >= 11 is 8.74. The number of aryl methyl sites for hydroxylation is 1. The minimum absolute atomic E-state index is 0.00202. The smallest absolute Gasteiger partial charge is 0.469 e. The van der Waals surface area contributed by atoms with Crippen LogP contribution in [0.5, 0.6) is 5.75 Å². The molecular formula is C44H44ClF3N10O5S2. The first-order valence-corrected chi connectivity index (χ1v) is 22.2. The molecule has 65 heavy (non-hydrogen) atoms. The zero-order chi connectivity index (χ0) is 46.8. The number of amidine groups is 2. The lowest BCUT2D eigenvalue weighted by Gasteiger charge is -2.34. The lowest BCUT2D eigenvalue weighted by atomic mass is 9.99. The van der Waals surface area contributed by atoms with E-state index < -0.39 is 24.1 Å². The minimum Gasteiger partial charge on any atom is -0.469 e. The van der Waals surface area contributed by atoms with Crippen molar-refractivity contribution in [3.63, 3.8) is 0 Å². The standard InChI is InChI=1S/C44H43ClF3N10O5S2/c1-24-25(2)65-42-38(24)39(27-12-14-28(45)15-13-27)55-34(40(51)58(42)26(3)49)21-36(59)52-16-18-62-19-17-53-37(60)23-64-43-56-32-10-6-4-8-30(32)33(57-43)20-29(50)22-54-41(61)31-9-5-7-11-35(31)63-44(46,47)48/h4-15,20,34,51H,16-19,21-23,50H2,1-3H3,(H,52,59)(H,53,60)(H,54,61)/q-1/p+1/b29-20-,51-40?/t34-/m0/s1. The molecule has 0 saturated carbocycles. The Bertz CT molecular complexity index is 2680. The average molecular weight is 949 g/mol. The van der Waals surface area contributed by atoms with E-state index in [-0.39, 0.29) is 79.8 Å². The summed E-state index contributed by atoms with van der Waals surface area (Å²) < 4.78 is 48.2. The third kappa shape index (κ3) is 12.7. The first-order valence-electron chi connectivity index (χ1n) is 20.0. The molecule has 15 nitrogen and oxygen atoms in total. The van der Waals surface area contributed by atoms with Crippen molar-refractivity contribution in [1.82, 2.24) is 20.9 Å². The molecule has 3 amide bonds. The lowest BCUT2D eigenvalue weighted by molar-refractivity contribution is -0.402. The van der Waals surface area contributed by atoms with Crippen molar-refractivity contribution in [2.24, 2.45) is 10.7 Å². The van der Waals surface area contributed by atoms with Crippen molar-refractivity contribution < 1.29 is 42.0 Å². The number of amides is 3. The first kappa shape index (κ1) is 48.1. The number of anilines is 1. The quantitative estimate of drug-likeness (QED) is 0.0228. The zero-order valence-electron chi connectivity index (χ0n) is 35.3. The maximum atomic E-state index is 13.2. The molecule has 7 N–H and O–H groups in total. The summed E-state index contributed by atoms with van der Waals surface area (Å²) in [6.07, 6.45) is -3.61. The number of benzene rings is 3. The van der Waals surface area contributed by atoms with Crippen molar-refractivity contribution in [3.05, 3.63) is 122 Å². The number of thioether (sulfide) groups is 1. The number of aliphatic imine (C=N–C) groups is 1. The van der Waals surface area contributed by atoms with Gasteiger partial charge < -0.3 is 46.9 Å². The van der Waals surface area contributed by atoms with Gasteiger partial charge >= 0.3 is 11.5 Å². The van der Waals surface area contributed by atoms with Crippen LogP contribution in [0.3, 0.4) is 0 Å². The Morgan fingerprint density at radius 3 is 2.40 bits per heavy atom. The van der Waals surface area contributed by atoms with Gasteiger partial charge in [0.2, 0.25) is 11.8 Å². The Kier molecular flexibility index (Phi) is 16.0. The number of nitrogens with zero attached hydrogens (tertiary/aromatic N) is 4. The molecule has 340 valence electrons. The van der Waals surface area contributed by atoms with E-state index in [1.165, 1.54) is 47.4 Å². The monoisotopic (exact) mass is 948 g/mol. The highest BCUT2D eigenvalue weighted by Gasteiger charge is 2.33. The van der Waals surface area contributed by atoms with Gasteiger partial charge in [0, 0.05) is 56.7 Å². The number of rotatable bonds is 17. The van der Waals surface area contributed by atoms with Gasteiger partial charge in [0.15, 0.2) is 5.69 Å². The van der Waals surface area contributed by atoms with E-state index in [1.807, 2.05) is 38.1 Å². The van der Waals surface area contributed by atoms with E-state index in [9.17, 15) is 33.0 Å². The van der Waals surface area contributed by atoms with Crippen LogP contribution < -0.4 is 36.3 Å². The summed E-state index contributed by atoms with van der Waals surface area (Å²) in [5.41, 5.74) is 10.3. The second kappa shape index (κ2) is 21.6. The molecule has 0 aliphatic carbocycles. The second-order valence-corrected chi connectivity index (χ2v) is 17.1. The number of thiophene rings is 1. The van der Waals surface area contributed by atoms with E-state index in [4.69, 9.17) is 32.5 Å². The number of hydrogen-bond acceptors (Lipinski definition) is 11. The molecule has 1 atom stereocenters. The Balaban J connectivity index is 0.964. The van der Waals surface area contributed by atoms with Crippen LogP contribution in [-0.4, -0.2) is 91.1 Å². The maximum absolute atomic E-state index is 13.2. The number of carbonyl (C=O) groups is 3. The van der Waals surface area contributed by atoms with Gasteiger partial charge in [0.25, 0.3) is 5.91 Å². The Morgan fingerprint density at radius 1 is 1.02 bits per heavy atom. The average Bonchev–Trinajstić information content (AvgIpc) is 3.47. The number of fused-ring (bicyclic) bond motifs is 2. The molecule has 0 saturated heterocycles. The fraction of sp³-hybridized carbons (Fsp3) is 0.273. The number of hydrogen-bond donors (Lipinski definition) is 5. The number of ether oxygens (including phenoxy) is 2. The van der Waals surface area contributed by atoms with Gasteiger partial charge in [0.05, 0.1) is 54.6 Å². The molecule has 2 aromatic heterocycles. The maximum Gasteiger partial charge on any atom is 0.573 e. The lowest BCUT2D eigenvalue weighted by Crippen LogP contribution is -2.42. The van der Waals surface area contributed by atoms with E-state index in [0.29, 0.717) is 37.5 Å². The van der Waals surface area contributed by atoms with Crippen molar-refractivity contribution in [2.45, 2.75) is 44.8 Å². The van der Waals surface area contributed by atoms with Crippen LogP contribution in [0.1, 0.15) is 51.0 Å². The number of nitrogens with two attached hydrogens (primary N) is 1. The van der Waals surface area contributed by atoms with Crippen LogP contribution in [0.2, 0.25) is 5.02 Å². The Labute approximate surface area is 385 Å². The van der Waals surface area contributed by atoms with Crippen molar-refractivity contribution in [2.75, 3.05) is 43.5 Å². The summed E-state index contributed by atoms with van der Waals surface area (Å²) in [6.45, 7) is 5.90. The second-order valence-electron chi connectivity index (χ2n) is 14.5. The SMILES string of the molecule is CC(=[N-])N1C(=N)[C@H](CC(=O)NCCOCCNC(=O)CSc2nc(/C=C(\N)CNC(=O)c3ccccc3OC(F)(F)F)c3ccccc3[nH+]2)N=C(c2ccc(Cl)cc2)c2c1sc(C)c2C. The topological polar surface area (TPSA) is 221 Å². The van der Waals surface area contributed by atoms with E-state index in [0.717, 1.165) is 39.4 Å². The van der Waals surface area contributed by atoms with Gasteiger partial charge in [-0.25, -0.2) is 4.98 Å². The third-order valence-corrected chi connectivity index (χ3v) is 12.1. The van der Waals surface area contributed by atoms with Crippen LogP contribution in [0.4, 0.5) is 18.2 Å². The fourth-order valence-electron chi connectivity index (χ4n) is 6.61. The summed E-state index contributed by atoms with van der Waals surface area (Å²) in [5.74, 6) is -2.28. The molecule has 5 aromatic rings. The fourth-order valence-corrected chi connectivity index (χ4v) is 8.67. The Hall–Kier alpha value is -6.35. The normalized spacial score (nSPS) is 14.0. The minimum atomic E-state index is -4.98. The number of H-pyrrole nitrogens is 1. The number of carbonyl (C=O) groups excluding carboxylic acids is 3. The van der Waals surface area contributed by atoms with Gasteiger partial charge in [-0.05, 0) is 79.5 Å². The van der Waals surface area contributed by atoms with Crippen LogP contribution in [0.15, 0.2) is 88.6 Å². The molecule has 0 fully saturated rings. The predicted molar refractivity (Wildman–Crippen MR) is 247 cm³/mol. The molecule has 0 bridgehead atoms. The molecule has 1 aliphatic rings. The number of aromatic nitrogens is 2. The van der Waals surface area contributed by atoms with Crippen LogP contribution >= 0.6 is 34.7 Å². The molecule has 1 aliphatic heterocycles. The van der Waals surface area contributed by atoms with Gasteiger partial charge in [-0.1, -0.05) is 53.8 Å². The summed E-state index contributed by atoms with van der Waals surface area (Å²) in [7, 11) is 0. The van der Waals surface area contributed by atoms with Gasteiger partial charge in [-0.3, -0.25) is 19.4 Å². The molecule has 3 heterocycles. The van der Waals surface area contributed by atoms with Crippen molar-refractivity contribution in [1.29, 1.82) is 5.41 Å². The van der Waals surface area contributed by atoms with Crippen molar-refractivity contribution >= 4 is 91.8 Å². The molecule has 0 radical (unpaired) electrons. The zero-order valence-corrected chi connectivity index (χ0v) is 37.7. The number of aromatic amines is 1. The third-order valence-electron chi connectivity index (χ3n) is 9.74. The van der Waals surface area contributed by atoms with E-state index in [2.05, 4.69) is 30.7 Å². The highest BCUT2D eigenvalue weighted by atomic mass is 35.5. The number of nitrogens with one attached hydrogen (secondary N) is 5. The predicted octanol–water partition coefficient (Wildman–Crippen LogP) is 6.43. The van der Waals surface area contributed by atoms with Crippen LogP contribution in [0, 0.1) is 19.3 Å². The van der Waals surface area contributed by atoms with E-state index in [1.54, 1.807) is 24.3 Å². The van der Waals surface area contributed by atoms with Gasteiger partial charge in [-0.15, -0.1) is 24.5 Å². The summed E-state index contributed by atoms with van der Waals surface area (Å²) in [6, 6.07) is 18.4. The Morgan fingerprint density at radius 2 is 1.69 bits per heavy atom. The molecule has 0 unspecified atom stereocenters. The molecule has 0 spiro atoms.